The van der Waals surface area contributed by atoms with E-state index in [-0.39, 0.29) is 11.7 Å². The van der Waals surface area contributed by atoms with Crippen LogP contribution < -0.4 is 5.32 Å². The van der Waals surface area contributed by atoms with E-state index in [4.69, 9.17) is 16.0 Å². The lowest BCUT2D eigenvalue weighted by Gasteiger charge is -2.06. The zero-order valence-corrected chi connectivity index (χ0v) is 15.4. The third-order valence-electron chi connectivity index (χ3n) is 3.65. The Hall–Kier alpha value is -2.25. The highest BCUT2D eigenvalue weighted by atomic mass is 35.5. The van der Waals surface area contributed by atoms with Crippen LogP contribution in [0.5, 0.6) is 0 Å². The Morgan fingerprint density at radius 2 is 2.20 bits per heavy atom. The molecule has 0 unspecified atom stereocenters. The van der Waals surface area contributed by atoms with Crippen molar-refractivity contribution in [3.63, 3.8) is 0 Å². The fraction of sp³-hybridized carbons (Fsp3) is 0.235. The summed E-state index contributed by atoms with van der Waals surface area (Å²) in [4.78, 5) is 12.0. The van der Waals surface area contributed by atoms with E-state index in [0.29, 0.717) is 22.5 Å². The van der Waals surface area contributed by atoms with E-state index < -0.39 is 0 Å². The van der Waals surface area contributed by atoms with E-state index in [1.54, 1.807) is 12.3 Å². The van der Waals surface area contributed by atoms with Crippen LogP contribution in [-0.4, -0.2) is 26.4 Å². The molecule has 6 nitrogen and oxygen atoms in total. The molecule has 2 aromatic heterocycles. The molecule has 0 radical (unpaired) electrons. The van der Waals surface area contributed by atoms with Crippen LogP contribution in [0.2, 0.25) is 5.02 Å². The Kier molecular flexibility index (Phi) is 5.45. The Labute approximate surface area is 154 Å². The van der Waals surface area contributed by atoms with Crippen LogP contribution in [0.3, 0.4) is 0 Å². The highest BCUT2D eigenvalue weighted by Gasteiger charge is 2.15. The van der Waals surface area contributed by atoms with Crippen LogP contribution in [0.4, 0.5) is 0 Å². The first-order chi connectivity index (χ1) is 12.0. The quantitative estimate of drug-likeness (QED) is 0.667. The number of amides is 1. The minimum absolute atomic E-state index is 0.0750. The Morgan fingerprint density at radius 3 is 2.92 bits per heavy atom. The van der Waals surface area contributed by atoms with E-state index in [2.05, 4.69) is 15.5 Å². The van der Waals surface area contributed by atoms with Gasteiger partial charge in [-0.3, -0.25) is 4.79 Å². The molecule has 1 aromatic carbocycles. The topological polar surface area (TPSA) is 72.9 Å². The number of carbonyl (C=O) groups excluding carboxylic acids is 1. The lowest BCUT2D eigenvalue weighted by Crippen LogP contribution is -2.24. The standard InChI is InChI=1S/C17H17ClN4O2S/c1-11-14(6-7-24-11)16-20-21-17(22(16)2)25-10-15(23)19-9-12-4-3-5-13(18)8-12/h3-8H,9-10H2,1-2H3,(H,19,23). The lowest BCUT2D eigenvalue weighted by atomic mass is 10.2. The first-order valence-electron chi connectivity index (χ1n) is 7.62. The number of thioether (sulfide) groups is 1. The Balaban J connectivity index is 1.56. The smallest absolute Gasteiger partial charge is 0.230 e. The first kappa shape index (κ1) is 17.6. The zero-order valence-electron chi connectivity index (χ0n) is 13.8. The number of nitrogens with zero attached hydrogens (tertiary/aromatic N) is 3. The van der Waals surface area contributed by atoms with Gasteiger partial charge in [0.1, 0.15) is 5.76 Å². The molecule has 0 aliphatic heterocycles. The number of hydrogen-bond acceptors (Lipinski definition) is 5. The molecule has 8 heteroatoms. The molecule has 130 valence electrons. The third kappa shape index (κ3) is 4.24. The monoisotopic (exact) mass is 376 g/mol. The van der Waals surface area contributed by atoms with E-state index in [1.165, 1.54) is 11.8 Å². The maximum absolute atomic E-state index is 12.0. The third-order valence-corrected chi connectivity index (χ3v) is 4.90. The minimum atomic E-state index is -0.0750. The largest absolute Gasteiger partial charge is 0.469 e. The van der Waals surface area contributed by atoms with Crippen LogP contribution in [0.1, 0.15) is 11.3 Å². The summed E-state index contributed by atoms with van der Waals surface area (Å²) in [7, 11) is 1.87. The van der Waals surface area contributed by atoms with Crippen molar-refractivity contribution in [2.24, 2.45) is 7.05 Å². The number of nitrogens with one attached hydrogen (secondary N) is 1. The molecule has 2 heterocycles. The van der Waals surface area contributed by atoms with Gasteiger partial charge in [0.2, 0.25) is 5.91 Å². The summed E-state index contributed by atoms with van der Waals surface area (Å²) in [6, 6.07) is 9.26. The molecular formula is C17H17ClN4O2S. The normalized spacial score (nSPS) is 10.8. The molecule has 0 fully saturated rings. The van der Waals surface area contributed by atoms with Gasteiger partial charge in [-0.25, -0.2) is 0 Å². The minimum Gasteiger partial charge on any atom is -0.469 e. The first-order valence-corrected chi connectivity index (χ1v) is 8.98. The molecule has 0 atom stereocenters. The maximum atomic E-state index is 12.0. The van der Waals surface area contributed by atoms with Gasteiger partial charge in [-0.15, -0.1) is 10.2 Å². The summed E-state index contributed by atoms with van der Waals surface area (Å²) in [6.07, 6.45) is 1.62. The van der Waals surface area contributed by atoms with Crippen molar-refractivity contribution in [2.75, 3.05) is 5.75 Å². The van der Waals surface area contributed by atoms with E-state index in [1.807, 2.05) is 42.8 Å². The van der Waals surface area contributed by atoms with E-state index in [9.17, 15) is 4.79 Å². The molecule has 25 heavy (non-hydrogen) atoms. The summed E-state index contributed by atoms with van der Waals surface area (Å²) >= 11 is 7.27. The Morgan fingerprint density at radius 1 is 1.36 bits per heavy atom. The molecule has 0 aliphatic carbocycles. The van der Waals surface area contributed by atoms with Crippen LogP contribution in [0.15, 0.2) is 46.2 Å². The second kappa shape index (κ2) is 7.76. The van der Waals surface area contributed by atoms with Crippen molar-refractivity contribution in [3.05, 3.63) is 52.9 Å². The summed E-state index contributed by atoms with van der Waals surface area (Å²) in [5.41, 5.74) is 1.86. The second-order valence-electron chi connectivity index (χ2n) is 5.45. The van der Waals surface area contributed by atoms with Gasteiger partial charge in [0.25, 0.3) is 0 Å². The molecule has 0 saturated heterocycles. The summed E-state index contributed by atoms with van der Waals surface area (Å²) < 4.78 is 7.16. The van der Waals surface area contributed by atoms with Crippen LogP contribution in [0.25, 0.3) is 11.4 Å². The van der Waals surface area contributed by atoms with Gasteiger partial charge < -0.3 is 14.3 Å². The number of rotatable bonds is 6. The molecule has 3 rings (SSSR count). The summed E-state index contributed by atoms with van der Waals surface area (Å²) in [5, 5.41) is 12.5. The average Bonchev–Trinajstić information content (AvgIpc) is 3.16. The number of carbonyl (C=O) groups is 1. The molecule has 0 spiro atoms. The van der Waals surface area contributed by atoms with E-state index >= 15 is 0 Å². The van der Waals surface area contributed by atoms with Crippen molar-refractivity contribution in [1.29, 1.82) is 0 Å². The number of aromatic nitrogens is 3. The van der Waals surface area contributed by atoms with Gasteiger partial charge in [0.15, 0.2) is 11.0 Å². The van der Waals surface area contributed by atoms with Gasteiger partial charge in [0.05, 0.1) is 17.6 Å². The molecular weight excluding hydrogens is 360 g/mol. The molecule has 0 bridgehead atoms. The number of benzene rings is 1. The Bertz CT molecular complexity index is 890. The van der Waals surface area contributed by atoms with Crippen molar-refractivity contribution in [3.8, 4) is 11.4 Å². The molecule has 1 N–H and O–H groups in total. The van der Waals surface area contributed by atoms with Gasteiger partial charge in [-0.1, -0.05) is 35.5 Å². The van der Waals surface area contributed by atoms with Crippen molar-refractivity contribution >= 4 is 29.3 Å². The fourth-order valence-electron chi connectivity index (χ4n) is 2.32. The number of furan rings is 1. The SMILES string of the molecule is Cc1occc1-c1nnc(SCC(=O)NCc2cccc(Cl)c2)n1C. The summed E-state index contributed by atoms with van der Waals surface area (Å²) in [5.74, 6) is 1.69. The van der Waals surface area contributed by atoms with Crippen molar-refractivity contribution in [2.45, 2.75) is 18.6 Å². The maximum Gasteiger partial charge on any atom is 0.230 e. The van der Waals surface area contributed by atoms with Crippen LogP contribution in [-0.2, 0) is 18.4 Å². The molecule has 1 amide bonds. The van der Waals surface area contributed by atoms with Crippen molar-refractivity contribution in [1.82, 2.24) is 20.1 Å². The predicted molar refractivity (Wildman–Crippen MR) is 97.5 cm³/mol. The number of halogens is 1. The second-order valence-corrected chi connectivity index (χ2v) is 6.83. The number of hydrogen-bond donors (Lipinski definition) is 1. The van der Waals surface area contributed by atoms with Gasteiger partial charge in [0, 0.05) is 18.6 Å². The molecule has 0 aliphatic rings. The van der Waals surface area contributed by atoms with Crippen molar-refractivity contribution < 1.29 is 9.21 Å². The summed E-state index contributed by atoms with van der Waals surface area (Å²) in [6.45, 7) is 2.32. The molecule has 0 saturated carbocycles. The number of aryl methyl sites for hydroxylation is 1. The fourth-order valence-corrected chi connectivity index (χ4v) is 3.27. The molecule has 3 aromatic rings. The van der Waals surface area contributed by atoms with E-state index in [0.717, 1.165) is 16.9 Å². The van der Waals surface area contributed by atoms with Gasteiger partial charge in [-0.05, 0) is 30.7 Å². The van der Waals surface area contributed by atoms with Gasteiger partial charge in [-0.2, -0.15) is 0 Å². The predicted octanol–water partition coefficient (Wildman–Crippen LogP) is 3.45. The van der Waals surface area contributed by atoms with Gasteiger partial charge >= 0.3 is 0 Å². The average molecular weight is 377 g/mol. The zero-order chi connectivity index (χ0) is 17.8. The van der Waals surface area contributed by atoms with Crippen LogP contribution in [0, 0.1) is 6.92 Å². The highest BCUT2D eigenvalue weighted by molar-refractivity contribution is 7.99. The highest BCUT2D eigenvalue weighted by Crippen LogP contribution is 2.25. The lowest BCUT2D eigenvalue weighted by molar-refractivity contribution is -0.118. The van der Waals surface area contributed by atoms with Crippen LogP contribution >= 0.6 is 23.4 Å².